The number of rotatable bonds is 4. The van der Waals surface area contributed by atoms with E-state index < -0.39 is 10.8 Å². The van der Waals surface area contributed by atoms with Gasteiger partial charge < -0.3 is 0 Å². The number of amides is 1. The maximum atomic E-state index is 11.8. The van der Waals surface area contributed by atoms with E-state index in [4.69, 9.17) is 11.6 Å². The topological polar surface area (TPSA) is 97.5 Å². The van der Waals surface area contributed by atoms with Gasteiger partial charge in [0.1, 0.15) is 0 Å². The van der Waals surface area contributed by atoms with Crippen LogP contribution < -0.4 is 5.43 Å². The van der Waals surface area contributed by atoms with Gasteiger partial charge in [0, 0.05) is 18.0 Å². The van der Waals surface area contributed by atoms with E-state index in [0.717, 1.165) is 11.9 Å². The van der Waals surface area contributed by atoms with Crippen molar-refractivity contribution in [1.82, 2.24) is 10.4 Å². The van der Waals surface area contributed by atoms with E-state index in [1.54, 1.807) is 19.1 Å². The first-order valence-corrected chi connectivity index (χ1v) is 6.56. The summed E-state index contributed by atoms with van der Waals surface area (Å²) in [5.74, 6) is -0.474. The Kier molecular flexibility index (Phi) is 4.80. The van der Waals surface area contributed by atoms with Crippen LogP contribution in [0.2, 0.25) is 5.02 Å². The normalized spacial score (nSPS) is 10.6. The summed E-state index contributed by atoms with van der Waals surface area (Å²) in [5.41, 5.74) is 3.31. The Balaban J connectivity index is 2.15. The van der Waals surface area contributed by atoms with E-state index in [1.165, 1.54) is 24.4 Å². The molecule has 1 aromatic carbocycles. The SMILES string of the molecule is Cc1ccc(C(=O)N/N=C/c2c(Cl)cccc2[N+](=O)[O-])cn1. The quantitative estimate of drug-likeness (QED) is 0.532. The van der Waals surface area contributed by atoms with Gasteiger partial charge in [-0.05, 0) is 25.1 Å². The van der Waals surface area contributed by atoms with E-state index in [9.17, 15) is 14.9 Å². The minimum Gasteiger partial charge on any atom is -0.267 e. The highest BCUT2D eigenvalue weighted by Crippen LogP contribution is 2.24. The highest BCUT2D eigenvalue weighted by atomic mass is 35.5. The minimum atomic E-state index is -0.570. The van der Waals surface area contributed by atoms with Gasteiger partial charge in [0.2, 0.25) is 0 Å². The summed E-state index contributed by atoms with van der Waals surface area (Å²) in [4.78, 5) is 26.2. The van der Waals surface area contributed by atoms with Crippen LogP contribution in [0.25, 0.3) is 0 Å². The Hall–Kier alpha value is -2.80. The molecule has 8 heteroatoms. The lowest BCUT2D eigenvalue weighted by Gasteiger charge is -2.01. The third-order valence-electron chi connectivity index (χ3n) is 2.76. The highest BCUT2D eigenvalue weighted by Gasteiger charge is 2.14. The number of nitro groups is 1. The molecule has 1 aromatic heterocycles. The molecule has 0 fully saturated rings. The molecule has 1 amide bonds. The number of nitrogens with one attached hydrogen (secondary N) is 1. The van der Waals surface area contributed by atoms with Crippen LogP contribution in [0.4, 0.5) is 5.69 Å². The largest absolute Gasteiger partial charge is 0.279 e. The number of benzene rings is 1. The van der Waals surface area contributed by atoms with E-state index >= 15 is 0 Å². The molecule has 1 heterocycles. The second-order valence-electron chi connectivity index (χ2n) is 4.32. The molecule has 0 aliphatic carbocycles. The molecule has 7 nitrogen and oxygen atoms in total. The fraction of sp³-hybridized carbons (Fsp3) is 0.0714. The van der Waals surface area contributed by atoms with Gasteiger partial charge in [-0.2, -0.15) is 5.10 Å². The fourth-order valence-electron chi connectivity index (χ4n) is 1.63. The average Bonchev–Trinajstić information content (AvgIpc) is 2.49. The average molecular weight is 319 g/mol. The molecule has 2 aromatic rings. The number of hydrogen-bond acceptors (Lipinski definition) is 5. The van der Waals surface area contributed by atoms with Crippen molar-refractivity contribution in [2.24, 2.45) is 5.10 Å². The first-order valence-electron chi connectivity index (χ1n) is 6.18. The second-order valence-corrected chi connectivity index (χ2v) is 4.72. The van der Waals surface area contributed by atoms with E-state index in [1.807, 2.05) is 0 Å². The van der Waals surface area contributed by atoms with Gasteiger partial charge >= 0.3 is 0 Å². The summed E-state index contributed by atoms with van der Waals surface area (Å²) in [6.07, 6.45) is 2.55. The van der Waals surface area contributed by atoms with Crippen molar-refractivity contribution in [2.45, 2.75) is 6.92 Å². The van der Waals surface area contributed by atoms with Crippen molar-refractivity contribution in [2.75, 3.05) is 0 Å². The van der Waals surface area contributed by atoms with Crippen LogP contribution in [-0.2, 0) is 0 Å². The third kappa shape index (κ3) is 3.64. The third-order valence-corrected chi connectivity index (χ3v) is 3.09. The lowest BCUT2D eigenvalue weighted by molar-refractivity contribution is -0.385. The number of hydrazone groups is 1. The van der Waals surface area contributed by atoms with Gasteiger partial charge in [-0.1, -0.05) is 17.7 Å². The smallest absolute Gasteiger partial charge is 0.267 e. The van der Waals surface area contributed by atoms with Crippen molar-refractivity contribution < 1.29 is 9.72 Å². The number of nitrogens with zero attached hydrogens (tertiary/aromatic N) is 3. The van der Waals surface area contributed by atoms with Crippen LogP contribution in [0.1, 0.15) is 21.6 Å². The molecule has 0 aliphatic heterocycles. The molecule has 1 N–H and O–H groups in total. The van der Waals surface area contributed by atoms with E-state index in [0.29, 0.717) is 5.56 Å². The predicted molar refractivity (Wildman–Crippen MR) is 82.1 cm³/mol. The number of halogens is 1. The maximum absolute atomic E-state index is 11.8. The Morgan fingerprint density at radius 2 is 2.18 bits per heavy atom. The number of nitro benzene ring substituents is 1. The fourth-order valence-corrected chi connectivity index (χ4v) is 1.85. The van der Waals surface area contributed by atoms with Crippen molar-refractivity contribution in [1.29, 1.82) is 0 Å². The number of aromatic nitrogens is 1. The monoisotopic (exact) mass is 318 g/mol. The van der Waals surface area contributed by atoms with E-state index in [-0.39, 0.29) is 16.3 Å². The van der Waals surface area contributed by atoms with Gasteiger partial charge in [0.15, 0.2) is 0 Å². The summed E-state index contributed by atoms with van der Waals surface area (Å²) < 4.78 is 0. The molecule has 0 atom stereocenters. The van der Waals surface area contributed by atoms with Gasteiger partial charge in [-0.3, -0.25) is 19.9 Å². The van der Waals surface area contributed by atoms with Crippen LogP contribution in [0.5, 0.6) is 0 Å². The molecular weight excluding hydrogens is 308 g/mol. The Bertz CT molecular complexity index is 744. The zero-order valence-corrected chi connectivity index (χ0v) is 12.2. The van der Waals surface area contributed by atoms with Crippen LogP contribution in [-0.4, -0.2) is 22.0 Å². The highest BCUT2D eigenvalue weighted by molar-refractivity contribution is 6.33. The summed E-state index contributed by atoms with van der Waals surface area (Å²) in [6, 6.07) is 7.57. The van der Waals surface area contributed by atoms with Crippen molar-refractivity contribution >= 4 is 29.4 Å². The molecule has 0 aliphatic rings. The van der Waals surface area contributed by atoms with Crippen LogP contribution in [0.3, 0.4) is 0 Å². The van der Waals surface area contributed by atoms with Crippen LogP contribution in [0, 0.1) is 17.0 Å². The first kappa shape index (κ1) is 15.6. The Labute approximate surface area is 130 Å². The van der Waals surface area contributed by atoms with Crippen molar-refractivity contribution in [3.63, 3.8) is 0 Å². The lowest BCUT2D eigenvalue weighted by atomic mass is 10.2. The second kappa shape index (κ2) is 6.77. The number of carbonyl (C=O) groups is 1. The van der Waals surface area contributed by atoms with Gasteiger partial charge in [-0.15, -0.1) is 0 Å². The Morgan fingerprint density at radius 3 is 2.82 bits per heavy atom. The van der Waals surface area contributed by atoms with E-state index in [2.05, 4.69) is 15.5 Å². The molecule has 0 bridgehead atoms. The lowest BCUT2D eigenvalue weighted by Crippen LogP contribution is -2.18. The molecule has 0 saturated carbocycles. The van der Waals surface area contributed by atoms with Gasteiger partial charge in [-0.25, -0.2) is 5.43 Å². The van der Waals surface area contributed by atoms with Crippen LogP contribution in [0.15, 0.2) is 41.6 Å². The maximum Gasteiger partial charge on any atom is 0.279 e. The molecule has 0 saturated heterocycles. The van der Waals surface area contributed by atoms with Crippen molar-refractivity contribution in [3.8, 4) is 0 Å². The molecule has 112 valence electrons. The first-order chi connectivity index (χ1) is 10.5. The number of pyridine rings is 1. The molecule has 0 spiro atoms. The summed E-state index contributed by atoms with van der Waals surface area (Å²) in [5, 5.41) is 14.8. The number of carbonyl (C=O) groups excluding carboxylic acids is 1. The molecule has 0 unspecified atom stereocenters. The Morgan fingerprint density at radius 1 is 1.41 bits per heavy atom. The zero-order valence-electron chi connectivity index (χ0n) is 11.5. The summed E-state index contributed by atoms with van der Waals surface area (Å²) in [6.45, 7) is 1.80. The van der Waals surface area contributed by atoms with Crippen molar-refractivity contribution in [3.05, 3.63) is 68.5 Å². The van der Waals surface area contributed by atoms with Gasteiger partial charge in [0.05, 0.1) is 27.3 Å². The van der Waals surface area contributed by atoms with Gasteiger partial charge in [0.25, 0.3) is 11.6 Å². The van der Waals surface area contributed by atoms with Crippen LogP contribution >= 0.6 is 11.6 Å². The molecule has 0 radical (unpaired) electrons. The molecule has 22 heavy (non-hydrogen) atoms. The minimum absolute atomic E-state index is 0.122. The zero-order chi connectivity index (χ0) is 16.1. The number of hydrogen-bond donors (Lipinski definition) is 1. The summed E-state index contributed by atoms with van der Waals surface area (Å²) in [7, 11) is 0. The number of aryl methyl sites for hydroxylation is 1. The standard InChI is InChI=1S/C14H11ClN4O3/c1-9-5-6-10(7-16-9)14(20)18-17-8-11-12(15)3-2-4-13(11)19(21)22/h2-8H,1H3,(H,18,20)/b17-8+. The summed E-state index contributed by atoms with van der Waals surface area (Å²) >= 11 is 5.90. The molecule has 2 rings (SSSR count). The predicted octanol–water partition coefficient (Wildman–Crippen LogP) is 2.72. The molecular formula is C14H11ClN4O3.